The summed E-state index contributed by atoms with van der Waals surface area (Å²) in [5.41, 5.74) is 2.65. The Morgan fingerprint density at radius 2 is 1.66 bits per heavy atom. The van der Waals surface area contributed by atoms with Crippen molar-refractivity contribution in [3.8, 4) is 0 Å². The van der Waals surface area contributed by atoms with E-state index in [-0.39, 0.29) is 30.0 Å². The molecule has 158 valence electrons. The highest BCUT2D eigenvalue weighted by molar-refractivity contribution is 14.0. The predicted molar refractivity (Wildman–Crippen MR) is 131 cm³/mol. The first-order valence-electron chi connectivity index (χ1n) is 10.3. The zero-order valence-corrected chi connectivity index (χ0v) is 19.5. The Morgan fingerprint density at radius 3 is 2.31 bits per heavy atom. The van der Waals surface area contributed by atoms with Crippen LogP contribution in [0.3, 0.4) is 0 Å². The smallest absolute Gasteiger partial charge is 0.191 e. The third kappa shape index (κ3) is 7.95. The molecule has 0 spiro atoms. The summed E-state index contributed by atoms with van der Waals surface area (Å²) >= 11 is 0. The van der Waals surface area contributed by atoms with Crippen LogP contribution in [0, 0.1) is 0 Å². The van der Waals surface area contributed by atoms with Crippen molar-refractivity contribution in [2.45, 2.75) is 19.4 Å². The first-order chi connectivity index (χ1) is 13.9. The number of rotatable bonds is 8. The first-order valence-corrected chi connectivity index (χ1v) is 10.3. The van der Waals surface area contributed by atoms with Gasteiger partial charge in [-0.15, -0.1) is 24.0 Å². The van der Waals surface area contributed by atoms with E-state index in [0.29, 0.717) is 0 Å². The Morgan fingerprint density at radius 1 is 1.00 bits per heavy atom. The molecule has 0 radical (unpaired) electrons. The Labute approximate surface area is 192 Å². The molecule has 6 heteroatoms. The quantitative estimate of drug-likeness (QED) is 0.326. The molecule has 5 nitrogen and oxygen atoms in total. The minimum absolute atomic E-state index is 0. The molecule has 0 amide bonds. The van der Waals surface area contributed by atoms with Crippen molar-refractivity contribution in [2.75, 3.05) is 45.9 Å². The van der Waals surface area contributed by atoms with Gasteiger partial charge >= 0.3 is 0 Å². The fraction of sp³-hybridized carbons (Fsp3) is 0.435. The lowest BCUT2D eigenvalue weighted by Crippen LogP contribution is -2.42. The summed E-state index contributed by atoms with van der Waals surface area (Å²) in [6, 6.07) is 21.5. The number of hydrogen-bond acceptors (Lipinski definition) is 3. The molecular weight excluding hydrogens is 475 g/mol. The second-order valence-electron chi connectivity index (χ2n) is 6.96. The summed E-state index contributed by atoms with van der Waals surface area (Å²) in [7, 11) is 0. The van der Waals surface area contributed by atoms with Crippen molar-refractivity contribution < 1.29 is 4.74 Å². The van der Waals surface area contributed by atoms with Gasteiger partial charge in [0.25, 0.3) is 0 Å². The van der Waals surface area contributed by atoms with Crippen LogP contribution >= 0.6 is 24.0 Å². The van der Waals surface area contributed by atoms with Gasteiger partial charge in [-0.25, -0.2) is 0 Å². The van der Waals surface area contributed by atoms with Crippen molar-refractivity contribution in [2.24, 2.45) is 4.99 Å². The van der Waals surface area contributed by atoms with E-state index >= 15 is 0 Å². The van der Waals surface area contributed by atoms with Gasteiger partial charge in [-0.2, -0.15) is 0 Å². The SMILES string of the molecule is CCNC(=NCC(c1ccccc1)N1CCOCC1)NCCc1ccccc1.I. The fourth-order valence-electron chi connectivity index (χ4n) is 3.49. The van der Waals surface area contributed by atoms with Gasteiger partial charge in [-0.05, 0) is 24.5 Å². The molecule has 1 fully saturated rings. The topological polar surface area (TPSA) is 48.9 Å². The molecule has 2 aromatic rings. The van der Waals surface area contributed by atoms with Crippen LogP contribution in [-0.2, 0) is 11.2 Å². The average molecular weight is 508 g/mol. The molecule has 1 heterocycles. The van der Waals surface area contributed by atoms with Crippen LogP contribution in [0.15, 0.2) is 65.7 Å². The van der Waals surface area contributed by atoms with E-state index in [9.17, 15) is 0 Å². The number of nitrogens with one attached hydrogen (secondary N) is 2. The third-order valence-corrected chi connectivity index (χ3v) is 4.99. The number of morpholine rings is 1. The Hall–Kier alpha value is -1.64. The van der Waals surface area contributed by atoms with Gasteiger partial charge in [0.1, 0.15) is 0 Å². The van der Waals surface area contributed by atoms with Gasteiger partial charge in [0.15, 0.2) is 5.96 Å². The summed E-state index contributed by atoms with van der Waals surface area (Å²) in [5, 5.41) is 6.85. The van der Waals surface area contributed by atoms with Crippen LogP contribution in [0.4, 0.5) is 0 Å². The van der Waals surface area contributed by atoms with E-state index < -0.39 is 0 Å². The number of nitrogens with zero attached hydrogens (tertiary/aromatic N) is 2. The van der Waals surface area contributed by atoms with Gasteiger partial charge < -0.3 is 15.4 Å². The maximum absolute atomic E-state index is 5.54. The molecule has 0 aliphatic carbocycles. The molecule has 1 unspecified atom stereocenters. The van der Waals surface area contributed by atoms with Gasteiger partial charge in [0.05, 0.1) is 25.8 Å². The molecule has 2 N–H and O–H groups in total. The van der Waals surface area contributed by atoms with Crippen LogP contribution in [0.25, 0.3) is 0 Å². The van der Waals surface area contributed by atoms with Gasteiger partial charge in [-0.3, -0.25) is 9.89 Å². The minimum atomic E-state index is 0. The molecule has 1 aliphatic rings. The lowest BCUT2D eigenvalue weighted by molar-refractivity contribution is 0.0180. The largest absolute Gasteiger partial charge is 0.379 e. The first kappa shape index (κ1) is 23.6. The highest BCUT2D eigenvalue weighted by Crippen LogP contribution is 2.22. The molecule has 3 rings (SSSR count). The number of benzene rings is 2. The van der Waals surface area contributed by atoms with Crippen LogP contribution in [-0.4, -0.2) is 56.8 Å². The van der Waals surface area contributed by atoms with Gasteiger partial charge in [-0.1, -0.05) is 60.7 Å². The lowest BCUT2D eigenvalue weighted by atomic mass is 10.1. The minimum Gasteiger partial charge on any atom is -0.379 e. The van der Waals surface area contributed by atoms with Crippen LogP contribution in [0.1, 0.15) is 24.1 Å². The summed E-state index contributed by atoms with van der Waals surface area (Å²) in [5.74, 6) is 0.882. The highest BCUT2D eigenvalue weighted by atomic mass is 127. The fourth-order valence-corrected chi connectivity index (χ4v) is 3.49. The zero-order valence-electron chi connectivity index (χ0n) is 17.2. The van der Waals surface area contributed by atoms with Crippen molar-refractivity contribution in [1.29, 1.82) is 0 Å². The van der Waals surface area contributed by atoms with Crippen molar-refractivity contribution in [3.05, 3.63) is 71.8 Å². The molecule has 1 aliphatic heterocycles. The van der Waals surface area contributed by atoms with Crippen LogP contribution < -0.4 is 10.6 Å². The lowest BCUT2D eigenvalue weighted by Gasteiger charge is -2.34. The second kappa shape index (κ2) is 13.6. The summed E-state index contributed by atoms with van der Waals surface area (Å²) < 4.78 is 5.54. The predicted octanol–water partition coefficient (Wildman–Crippen LogP) is 3.48. The Balaban J connectivity index is 0.00000300. The molecule has 2 aromatic carbocycles. The number of ether oxygens (including phenoxy) is 1. The number of hydrogen-bond donors (Lipinski definition) is 2. The normalized spacial score (nSPS) is 16.0. The van der Waals surface area contributed by atoms with Crippen molar-refractivity contribution in [3.63, 3.8) is 0 Å². The molecule has 29 heavy (non-hydrogen) atoms. The van der Waals surface area contributed by atoms with Crippen LogP contribution in [0.5, 0.6) is 0 Å². The molecule has 0 saturated carbocycles. The molecule has 0 bridgehead atoms. The maximum Gasteiger partial charge on any atom is 0.191 e. The van der Waals surface area contributed by atoms with E-state index in [1.54, 1.807) is 0 Å². The van der Waals surface area contributed by atoms with E-state index in [0.717, 1.165) is 58.3 Å². The Kier molecular flexibility index (Phi) is 11.1. The summed E-state index contributed by atoms with van der Waals surface area (Å²) in [6.07, 6.45) is 0.983. The second-order valence-corrected chi connectivity index (χ2v) is 6.96. The van der Waals surface area contributed by atoms with E-state index in [2.05, 4.69) is 83.1 Å². The van der Waals surface area contributed by atoms with E-state index in [4.69, 9.17) is 9.73 Å². The third-order valence-electron chi connectivity index (χ3n) is 4.99. The number of aliphatic imine (C=N–C) groups is 1. The van der Waals surface area contributed by atoms with E-state index in [1.807, 2.05) is 0 Å². The van der Waals surface area contributed by atoms with Crippen LogP contribution in [0.2, 0.25) is 0 Å². The average Bonchev–Trinajstić information content (AvgIpc) is 2.76. The molecule has 1 atom stereocenters. The standard InChI is InChI=1S/C23H32N4O.HI/c1-2-24-23(25-14-13-20-9-5-3-6-10-20)26-19-22(21-11-7-4-8-12-21)27-15-17-28-18-16-27;/h3-12,22H,2,13-19H2,1H3,(H2,24,25,26);1H. The monoisotopic (exact) mass is 508 g/mol. The zero-order chi connectivity index (χ0) is 19.4. The highest BCUT2D eigenvalue weighted by Gasteiger charge is 2.22. The number of halogens is 1. The number of guanidine groups is 1. The molecule has 0 aromatic heterocycles. The summed E-state index contributed by atoms with van der Waals surface area (Å²) in [4.78, 5) is 7.39. The van der Waals surface area contributed by atoms with Crippen molar-refractivity contribution >= 4 is 29.9 Å². The van der Waals surface area contributed by atoms with Crippen molar-refractivity contribution in [1.82, 2.24) is 15.5 Å². The van der Waals surface area contributed by atoms with Gasteiger partial charge in [0, 0.05) is 26.2 Å². The maximum atomic E-state index is 5.54. The Bertz CT molecular complexity index is 705. The molecular formula is C23H33IN4O. The van der Waals surface area contributed by atoms with Gasteiger partial charge in [0.2, 0.25) is 0 Å². The molecule has 1 saturated heterocycles. The van der Waals surface area contributed by atoms with E-state index in [1.165, 1.54) is 11.1 Å². The summed E-state index contributed by atoms with van der Waals surface area (Å²) in [6.45, 7) is 8.04.